The molecule has 3 rings (SSSR count). The number of benzene rings is 1. The van der Waals surface area contributed by atoms with Gasteiger partial charge in [0.1, 0.15) is 0 Å². The van der Waals surface area contributed by atoms with Crippen LogP contribution in [0.5, 0.6) is 5.88 Å². The van der Waals surface area contributed by atoms with E-state index in [0.29, 0.717) is 46.4 Å². The summed E-state index contributed by atoms with van der Waals surface area (Å²) in [6.45, 7) is 2.11. The van der Waals surface area contributed by atoms with E-state index >= 15 is 0 Å². The average Bonchev–Trinajstić information content (AvgIpc) is 3.19. The van der Waals surface area contributed by atoms with Crippen molar-refractivity contribution in [1.29, 1.82) is 0 Å². The summed E-state index contributed by atoms with van der Waals surface area (Å²) in [5.74, 6) is 0.209. The molecule has 0 aliphatic heterocycles. The molecule has 0 amide bonds. The van der Waals surface area contributed by atoms with E-state index in [1.54, 1.807) is 35.9 Å². The molecule has 0 radical (unpaired) electrons. The van der Waals surface area contributed by atoms with Gasteiger partial charge in [0.05, 0.1) is 13.0 Å². The molecule has 142 valence electrons. The van der Waals surface area contributed by atoms with Crippen LogP contribution in [0.4, 0.5) is 0 Å². The zero-order chi connectivity index (χ0) is 19.4. The van der Waals surface area contributed by atoms with E-state index in [0.717, 1.165) is 5.56 Å². The van der Waals surface area contributed by atoms with Gasteiger partial charge in [0.15, 0.2) is 6.61 Å². The monoisotopic (exact) mass is 410 g/mol. The van der Waals surface area contributed by atoms with E-state index < -0.39 is 5.97 Å². The molecule has 1 N–H and O–H groups in total. The van der Waals surface area contributed by atoms with Crippen LogP contribution in [0.3, 0.4) is 0 Å². The zero-order valence-corrected chi connectivity index (χ0v) is 15.9. The third-order valence-corrected chi connectivity index (χ3v) is 4.27. The van der Waals surface area contributed by atoms with Gasteiger partial charge in [0, 0.05) is 28.7 Å². The standard InChI is InChI=1S/C17H16Cl2N4O4/c1-10-20-21-16(27-10)9-26-15-7-13(4-5-17(24)25)23(22-15)8-11-2-3-12(18)6-14(11)19/h2-3,6-7H,4-5,8-9H2,1H3,(H,24,25). The van der Waals surface area contributed by atoms with Crippen LogP contribution in [0.2, 0.25) is 10.0 Å². The number of carboxylic acid groups (broad SMARTS) is 1. The van der Waals surface area contributed by atoms with Crippen LogP contribution in [0.15, 0.2) is 28.7 Å². The molecule has 0 aliphatic rings. The molecular weight excluding hydrogens is 395 g/mol. The highest BCUT2D eigenvalue weighted by atomic mass is 35.5. The number of carbonyl (C=O) groups is 1. The van der Waals surface area contributed by atoms with E-state index in [9.17, 15) is 4.79 Å². The van der Waals surface area contributed by atoms with Crippen molar-refractivity contribution in [3.8, 4) is 5.88 Å². The quantitative estimate of drug-likeness (QED) is 0.605. The lowest BCUT2D eigenvalue weighted by Crippen LogP contribution is -2.09. The topological polar surface area (TPSA) is 103 Å². The molecular formula is C17H16Cl2N4O4. The first-order chi connectivity index (χ1) is 12.9. The number of aromatic nitrogens is 4. The van der Waals surface area contributed by atoms with Crippen molar-refractivity contribution in [3.05, 3.63) is 57.3 Å². The molecule has 0 saturated carbocycles. The SMILES string of the molecule is Cc1nnc(COc2cc(CCC(=O)O)n(Cc3ccc(Cl)cc3Cl)n2)o1. The Morgan fingerprint density at radius 3 is 2.78 bits per heavy atom. The molecule has 0 atom stereocenters. The predicted octanol–water partition coefficient (Wildman–Crippen LogP) is 3.53. The molecule has 27 heavy (non-hydrogen) atoms. The Bertz CT molecular complexity index is 954. The predicted molar refractivity (Wildman–Crippen MR) is 97.1 cm³/mol. The van der Waals surface area contributed by atoms with Crippen molar-refractivity contribution in [2.45, 2.75) is 32.9 Å². The number of aryl methyl sites for hydroxylation is 2. The molecule has 0 fully saturated rings. The Kier molecular flexibility index (Phi) is 5.98. The fourth-order valence-electron chi connectivity index (χ4n) is 2.42. The van der Waals surface area contributed by atoms with Crippen LogP contribution in [0.1, 0.15) is 29.5 Å². The Hall–Kier alpha value is -2.58. The maximum atomic E-state index is 10.9. The third kappa shape index (κ3) is 5.21. The van der Waals surface area contributed by atoms with E-state index in [2.05, 4.69) is 15.3 Å². The highest BCUT2D eigenvalue weighted by Crippen LogP contribution is 2.23. The lowest BCUT2D eigenvalue weighted by atomic mass is 10.2. The van der Waals surface area contributed by atoms with E-state index in [-0.39, 0.29) is 13.0 Å². The molecule has 0 saturated heterocycles. The number of hydrogen-bond acceptors (Lipinski definition) is 6. The van der Waals surface area contributed by atoms with Gasteiger partial charge in [-0.15, -0.1) is 15.3 Å². The maximum absolute atomic E-state index is 10.9. The van der Waals surface area contributed by atoms with Crippen LogP contribution in [0, 0.1) is 6.92 Å². The van der Waals surface area contributed by atoms with E-state index in [4.69, 9.17) is 37.5 Å². The third-order valence-electron chi connectivity index (χ3n) is 3.68. The molecule has 1 aromatic carbocycles. The average molecular weight is 411 g/mol. The summed E-state index contributed by atoms with van der Waals surface area (Å²) in [4.78, 5) is 10.9. The summed E-state index contributed by atoms with van der Waals surface area (Å²) in [5, 5.41) is 22.0. The van der Waals surface area contributed by atoms with Gasteiger partial charge in [0.2, 0.25) is 11.8 Å². The summed E-state index contributed by atoms with van der Waals surface area (Å²) in [6.07, 6.45) is 0.277. The second kappa shape index (κ2) is 8.41. The minimum atomic E-state index is -0.893. The molecule has 0 spiro atoms. The largest absolute Gasteiger partial charge is 0.481 e. The number of ether oxygens (including phenoxy) is 1. The number of halogens is 2. The Balaban J connectivity index is 1.79. The number of carboxylic acids is 1. The molecule has 10 heteroatoms. The molecule has 8 nitrogen and oxygen atoms in total. The molecule has 0 aliphatic carbocycles. The van der Waals surface area contributed by atoms with Gasteiger partial charge in [-0.3, -0.25) is 9.48 Å². The fourth-order valence-corrected chi connectivity index (χ4v) is 2.88. The number of aliphatic carboxylic acids is 1. The van der Waals surface area contributed by atoms with Crippen LogP contribution >= 0.6 is 23.2 Å². The van der Waals surface area contributed by atoms with Crippen LogP contribution < -0.4 is 4.74 Å². The first kappa shape index (κ1) is 19.2. The second-order valence-corrected chi connectivity index (χ2v) is 6.61. The summed E-state index contributed by atoms with van der Waals surface area (Å²) >= 11 is 12.2. The minimum absolute atomic E-state index is 0.0255. The Morgan fingerprint density at radius 1 is 1.30 bits per heavy atom. The van der Waals surface area contributed by atoms with Gasteiger partial charge in [-0.05, 0) is 24.1 Å². The molecule has 0 bridgehead atoms. The van der Waals surface area contributed by atoms with Crippen molar-refractivity contribution in [3.63, 3.8) is 0 Å². The molecule has 2 heterocycles. The van der Waals surface area contributed by atoms with Gasteiger partial charge in [0.25, 0.3) is 5.89 Å². The van der Waals surface area contributed by atoms with Crippen molar-refractivity contribution < 1.29 is 19.1 Å². The number of nitrogens with zero attached hydrogens (tertiary/aromatic N) is 4. The van der Waals surface area contributed by atoms with Gasteiger partial charge in [-0.25, -0.2) is 0 Å². The zero-order valence-electron chi connectivity index (χ0n) is 14.4. The van der Waals surface area contributed by atoms with E-state index in [1.165, 1.54) is 0 Å². The Labute approximate surface area is 164 Å². The minimum Gasteiger partial charge on any atom is -0.481 e. The lowest BCUT2D eigenvalue weighted by molar-refractivity contribution is -0.136. The fraction of sp³-hybridized carbons (Fsp3) is 0.294. The first-order valence-corrected chi connectivity index (χ1v) is 8.80. The molecule has 0 unspecified atom stereocenters. The van der Waals surface area contributed by atoms with Crippen LogP contribution in [-0.2, 0) is 24.4 Å². The second-order valence-electron chi connectivity index (χ2n) is 5.76. The Morgan fingerprint density at radius 2 is 2.11 bits per heavy atom. The smallest absolute Gasteiger partial charge is 0.303 e. The molecule has 2 aromatic heterocycles. The van der Waals surface area contributed by atoms with Gasteiger partial charge >= 0.3 is 5.97 Å². The van der Waals surface area contributed by atoms with Crippen molar-refractivity contribution in [1.82, 2.24) is 20.0 Å². The van der Waals surface area contributed by atoms with Gasteiger partial charge < -0.3 is 14.3 Å². The summed E-state index contributed by atoms with van der Waals surface area (Å²) < 4.78 is 12.5. The number of rotatable bonds is 8. The van der Waals surface area contributed by atoms with Gasteiger partial charge in [-0.1, -0.05) is 29.3 Å². The van der Waals surface area contributed by atoms with Crippen molar-refractivity contribution in [2.75, 3.05) is 0 Å². The number of hydrogen-bond donors (Lipinski definition) is 1. The summed E-state index contributed by atoms with van der Waals surface area (Å²) in [5.41, 5.74) is 1.51. The van der Waals surface area contributed by atoms with Crippen molar-refractivity contribution in [2.24, 2.45) is 0 Å². The normalized spacial score (nSPS) is 10.9. The maximum Gasteiger partial charge on any atom is 0.303 e. The van der Waals surface area contributed by atoms with Crippen LogP contribution in [-0.4, -0.2) is 31.1 Å². The first-order valence-electron chi connectivity index (χ1n) is 8.05. The molecule has 3 aromatic rings. The van der Waals surface area contributed by atoms with Crippen LogP contribution in [0.25, 0.3) is 0 Å². The van der Waals surface area contributed by atoms with Gasteiger partial charge in [-0.2, -0.15) is 0 Å². The highest BCUT2D eigenvalue weighted by Gasteiger charge is 2.14. The highest BCUT2D eigenvalue weighted by molar-refractivity contribution is 6.35. The van der Waals surface area contributed by atoms with E-state index in [1.807, 2.05) is 0 Å². The summed E-state index contributed by atoms with van der Waals surface area (Å²) in [7, 11) is 0. The summed E-state index contributed by atoms with van der Waals surface area (Å²) in [6, 6.07) is 6.87. The lowest BCUT2D eigenvalue weighted by Gasteiger charge is -2.08. The van der Waals surface area contributed by atoms with Crippen molar-refractivity contribution >= 4 is 29.2 Å².